The summed E-state index contributed by atoms with van der Waals surface area (Å²) in [7, 11) is 0. The SMILES string of the molecule is NCCCO[C@H]1O[C@H](CO)[C@@H](O)[C@H](O)[C@@H]1n1cc(-c2ccccc2)nn1. The maximum atomic E-state index is 10.6. The Labute approximate surface area is 151 Å². The van der Waals surface area contributed by atoms with Crippen LogP contribution in [0.25, 0.3) is 11.3 Å². The van der Waals surface area contributed by atoms with E-state index in [1.54, 1.807) is 6.20 Å². The van der Waals surface area contributed by atoms with E-state index < -0.39 is 37.3 Å². The fourth-order valence-corrected chi connectivity index (χ4v) is 2.93. The predicted molar refractivity (Wildman–Crippen MR) is 91.9 cm³/mol. The van der Waals surface area contributed by atoms with Gasteiger partial charge in [-0.2, -0.15) is 0 Å². The molecule has 1 fully saturated rings. The fourth-order valence-electron chi connectivity index (χ4n) is 2.93. The summed E-state index contributed by atoms with van der Waals surface area (Å²) in [6.45, 7) is 0.334. The van der Waals surface area contributed by atoms with Gasteiger partial charge in [-0.25, -0.2) is 4.68 Å². The zero-order valence-corrected chi connectivity index (χ0v) is 14.3. The first-order valence-corrected chi connectivity index (χ1v) is 8.57. The molecular weight excluding hydrogens is 340 g/mol. The number of nitrogens with zero attached hydrogens (tertiary/aromatic N) is 3. The Morgan fingerprint density at radius 1 is 1.19 bits per heavy atom. The Hall–Kier alpha value is -1.88. The number of hydrogen-bond donors (Lipinski definition) is 4. The van der Waals surface area contributed by atoms with Gasteiger partial charge in [0.15, 0.2) is 6.29 Å². The van der Waals surface area contributed by atoms with Gasteiger partial charge < -0.3 is 30.5 Å². The summed E-state index contributed by atoms with van der Waals surface area (Å²) in [5.41, 5.74) is 6.98. The highest BCUT2D eigenvalue weighted by atomic mass is 16.7. The van der Waals surface area contributed by atoms with E-state index in [4.69, 9.17) is 15.2 Å². The summed E-state index contributed by atoms with van der Waals surface area (Å²) >= 11 is 0. The second-order valence-corrected chi connectivity index (χ2v) is 6.16. The standard InChI is InChI=1S/C17H24N4O5/c18-7-4-8-25-17-14(16(24)15(23)13(10-22)26-17)21-9-12(19-20-21)11-5-2-1-3-6-11/h1-3,5-6,9,13-17,22-24H,4,7-8,10,18H2/t13-,14+,15-,16-,17+/m1/s1. The largest absolute Gasteiger partial charge is 0.394 e. The lowest BCUT2D eigenvalue weighted by atomic mass is 9.97. The van der Waals surface area contributed by atoms with E-state index in [0.717, 1.165) is 5.56 Å². The lowest BCUT2D eigenvalue weighted by Crippen LogP contribution is -2.56. The molecule has 1 aromatic carbocycles. The summed E-state index contributed by atoms with van der Waals surface area (Å²) < 4.78 is 12.7. The molecule has 0 radical (unpaired) electrons. The van der Waals surface area contributed by atoms with Gasteiger partial charge in [0.2, 0.25) is 0 Å². The van der Waals surface area contributed by atoms with Gasteiger partial charge in [-0.1, -0.05) is 35.5 Å². The normalized spacial score (nSPS) is 29.0. The van der Waals surface area contributed by atoms with Gasteiger partial charge in [0.1, 0.15) is 30.0 Å². The summed E-state index contributed by atoms with van der Waals surface area (Å²) in [6, 6.07) is 8.67. The maximum Gasteiger partial charge on any atom is 0.183 e. The van der Waals surface area contributed by atoms with Crippen LogP contribution in [0.2, 0.25) is 0 Å². The van der Waals surface area contributed by atoms with E-state index in [9.17, 15) is 15.3 Å². The van der Waals surface area contributed by atoms with Gasteiger partial charge in [0, 0.05) is 5.56 Å². The van der Waals surface area contributed by atoms with Gasteiger partial charge >= 0.3 is 0 Å². The number of hydrogen-bond acceptors (Lipinski definition) is 8. The number of aromatic nitrogens is 3. The molecule has 1 aliphatic heterocycles. The Morgan fingerprint density at radius 2 is 1.96 bits per heavy atom. The topological polar surface area (TPSA) is 136 Å². The lowest BCUT2D eigenvalue weighted by molar-refractivity contribution is -0.281. The molecule has 3 rings (SSSR count). The highest BCUT2D eigenvalue weighted by Crippen LogP contribution is 2.31. The Morgan fingerprint density at radius 3 is 2.65 bits per heavy atom. The smallest absolute Gasteiger partial charge is 0.183 e. The molecule has 9 nitrogen and oxygen atoms in total. The molecule has 0 aliphatic carbocycles. The number of benzene rings is 1. The molecule has 0 amide bonds. The maximum absolute atomic E-state index is 10.6. The molecule has 2 heterocycles. The van der Waals surface area contributed by atoms with E-state index in [1.165, 1.54) is 4.68 Å². The van der Waals surface area contributed by atoms with E-state index in [0.29, 0.717) is 25.3 Å². The third-order valence-corrected chi connectivity index (χ3v) is 4.36. The summed E-state index contributed by atoms with van der Waals surface area (Å²) in [5, 5.41) is 38.4. The molecule has 1 aliphatic rings. The minimum Gasteiger partial charge on any atom is -0.394 e. The number of rotatable bonds is 7. The molecule has 0 spiro atoms. The van der Waals surface area contributed by atoms with Crippen molar-refractivity contribution in [3.05, 3.63) is 36.5 Å². The third kappa shape index (κ3) is 3.93. The van der Waals surface area contributed by atoms with Crippen molar-refractivity contribution < 1.29 is 24.8 Å². The molecule has 0 unspecified atom stereocenters. The van der Waals surface area contributed by atoms with Crippen LogP contribution in [0.5, 0.6) is 0 Å². The monoisotopic (exact) mass is 364 g/mol. The van der Waals surface area contributed by atoms with E-state index in [-0.39, 0.29) is 0 Å². The molecule has 142 valence electrons. The Bertz CT molecular complexity index is 683. The quantitative estimate of drug-likeness (QED) is 0.473. The van der Waals surface area contributed by atoms with Crippen LogP contribution < -0.4 is 5.73 Å². The molecule has 2 aromatic rings. The van der Waals surface area contributed by atoms with Crippen LogP contribution >= 0.6 is 0 Å². The van der Waals surface area contributed by atoms with Crippen molar-refractivity contribution in [2.45, 2.75) is 37.1 Å². The second kappa shape index (κ2) is 8.67. The number of nitrogens with two attached hydrogens (primary N) is 1. The minimum absolute atomic E-state index is 0.318. The Balaban J connectivity index is 1.85. The zero-order chi connectivity index (χ0) is 18.5. The highest BCUT2D eigenvalue weighted by Gasteiger charge is 2.46. The van der Waals surface area contributed by atoms with Crippen molar-refractivity contribution in [3.63, 3.8) is 0 Å². The molecule has 1 saturated heterocycles. The van der Waals surface area contributed by atoms with Crippen LogP contribution in [0.15, 0.2) is 36.5 Å². The Kier molecular flexibility index (Phi) is 6.30. The van der Waals surface area contributed by atoms with Crippen LogP contribution in [0, 0.1) is 0 Å². The van der Waals surface area contributed by atoms with Crippen LogP contribution in [0.1, 0.15) is 12.5 Å². The number of ether oxygens (including phenoxy) is 2. The van der Waals surface area contributed by atoms with Gasteiger partial charge in [-0.15, -0.1) is 5.10 Å². The van der Waals surface area contributed by atoms with Crippen LogP contribution in [0.3, 0.4) is 0 Å². The second-order valence-electron chi connectivity index (χ2n) is 6.16. The third-order valence-electron chi connectivity index (χ3n) is 4.36. The molecule has 5 atom stereocenters. The van der Waals surface area contributed by atoms with E-state index in [2.05, 4.69) is 10.3 Å². The van der Waals surface area contributed by atoms with Gasteiger partial charge in [-0.05, 0) is 13.0 Å². The van der Waals surface area contributed by atoms with E-state index in [1.807, 2.05) is 30.3 Å². The van der Waals surface area contributed by atoms with Gasteiger partial charge in [0.25, 0.3) is 0 Å². The average Bonchev–Trinajstić information content (AvgIpc) is 3.15. The van der Waals surface area contributed by atoms with Gasteiger partial charge in [0.05, 0.1) is 19.4 Å². The van der Waals surface area contributed by atoms with Gasteiger partial charge in [-0.3, -0.25) is 0 Å². The van der Waals surface area contributed by atoms with Crippen molar-refractivity contribution in [2.24, 2.45) is 5.73 Å². The zero-order valence-electron chi connectivity index (χ0n) is 14.3. The number of aliphatic hydroxyl groups excluding tert-OH is 3. The van der Waals surface area contributed by atoms with E-state index >= 15 is 0 Å². The highest BCUT2D eigenvalue weighted by molar-refractivity contribution is 5.57. The first-order chi connectivity index (χ1) is 12.7. The molecule has 26 heavy (non-hydrogen) atoms. The molecule has 9 heteroatoms. The average molecular weight is 364 g/mol. The first kappa shape index (κ1) is 18.9. The van der Waals surface area contributed by atoms with Crippen molar-refractivity contribution in [2.75, 3.05) is 19.8 Å². The van der Waals surface area contributed by atoms with Crippen LogP contribution in [-0.4, -0.2) is 74.7 Å². The lowest BCUT2D eigenvalue weighted by Gasteiger charge is -2.41. The number of aliphatic hydroxyl groups is 3. The van der Waals surface area contributed by atoms with Crippen LogP contribution in [-0.2, 0) is 9.47 Å². The molecule has 1 aromatic heterocycles. The van der Waals surface area contributed by atoms with Crippen molar-refractivity contribution in [3.8, 4) is 11.3 Å². The van der Waals surface area contributed by atoms with Crippen molar-refractivity contribution in [1.82, 2.24) is 15.0 Å². The minimum atomic E-state index is -1.27. The molecule has 0 bridgehead atoms. The van der Waals surface area contributed by atoms with Crippen LogP contribution in [0.4, 0.5) is 0 Å². The summed E-state index contributed by atoms with van der Waals surface area (Å²) in [4.78, 5) is 0. The van der Waals surface area contributed by atoms with Crippen molar-refractivity contribution >= 4 is 0 Å². The molecular formula is C17H24N4O5. The first-order valence-electron chi connectivity index (χ1n) is 8.57. The van der Waals surface area contributed by atoms with Crippen molar-refractivity contribution in [1.29, 1.82) is 0 Å². The fraction of sp³-hybridized carbons (Fsp3) is 0.529. The predicted octanol–water partition coefficient (Wildman–Crippen LogP) is -0.709. The summed E-state index contributed by atoms with van der Waals surface area (Å²) in [5.74, 6) is 0. The molecule has 0 saturated carbocycles. The summed E-state index contributed by atoms with van der Waals surface area (Å²) in [6.07, 6.45) is -2.08. The molecule has 5 N–H and O–H groups in total.